The van der Waals surface area contributed by atoms with Crippen molar-refractivity contribution in [3.8, 4) is 11.1 Å². The summed E-state index contributed by atoms with van der Waals surface area (Å²) in [6, 6.07) is 10.5. The van der Waals surface area contributed by atoms with E-state index in [9.17, 15) is 23.4 Å². The Morgan fingerprint density at radius 3 is 2.00 bits per heavy atom. The van der Waals surface area contributed by atoms with Crippen LogP contribution in [0.1, 0.15) is 11.1 Å². The Labute approximate surface area is 122 Å². The fourth-order valence-corrected chi connectivity index (χ4v) is 1.93. The summed E-state index contributed by atoms with van der Waals surface area (Å²) in [6.07, 6.45) is -4.41. The highest BCUT2D eigenvalue weighted by atomic mass is 28.2. The Balaban J connectivity index is 2.36. The van der Waals surface area contributed by atoms with Gasteiger partial charge in [-0.15, -0.1) is 0 Å². The van der Waals surface area contributed by atoms with E-state index in [1.165, 1.54) is 36.4 Å². The molecular weight excluding hydrogens is 301 g/mol. The topological polar surface area (TPSA) is 49.7 Å². The minimum Gasteiger partial charge on any atom is -0.367 e. The van der Waals surface area contributed by atoms with Crippen molar-refractivity contribution in [3.05, 3.63) is 59.7 Å². The van der Waals surface area contributed by atoms with Crippen LogP contribution in [0.4, 0.5) is 13.2 Å². The molecule has 0 amide bonds. The fraction of sp³-hybridized carbons (Fsp3) is 0.143. The van der Waals surface area contributed by atoms with Crippen LogP contribution < -0.4 is 0 Å². The molecular formula is C14H10F3O3Si. The van der Waals surface area contributed by atoms with E-state index < -0.39 is 17.7 Å². The molecule has 2 rings (SSSR count). The molecule has 0 aromatic heterocycles. The van der Waals surface area contributed by atoms with E-state index in [1.54, 1.807) is 0 Å². The van der Waals surface area contributed by atoms with Crippen LogP contribution in [0, 0.1) is 0 Å². The van der Waals surface area contributed by atoms with Crippen molar-refractivity contribution in [1.82, 2.24) is 0 Å². The zero-order chi connectivity index (χ0) is 15.7. The Morgan fingerprint density at radius 1 is 0.857 bits per heavy atom. The SMILES string of the molecule is OC(O)(O[Si])c1ccc(-c2cccc(C(F)(F)F)c2)cc1. The number of halogens is 3. The first-order valence-electron chi connectivity index (χ1n) is 5.82. The van der Waals surface area contributed by atoms with Crippen molar-refractivity contribution < 1.29 is 27.8 Å². The highest BCUT2D eigenvalue weighted by Gasteiger charge is 2.30. The van der Waals surface area contributed by atoms with E-state index in [-0.39, 0.29) is 5.56 Å². The van der Waals surface area contributed by atoms with E-state index in [0.717, 1.165) is 12.1 Å². The van der Waals surface area contributed by atoms with Gasteiger partial charge < -0.3 is 14.6 Å². The maximum atomic E-state index is 12.7. The molecule has 3 radical (unpaired) electrons. The zero-order valence-electron chi connectivity index (χ0n) is 10.6. The van der Waals surface area contributed by atoms with Crippen LogP contribution in [0.2, 0.25) is 0 Å². The first-order valence-corrected chi connectivity index (χ1v) is 6.22. The van der Waals surface area contributed by atoms with Crippen LogP contribution in [0.25, 0.3) is 11.1 Å². The highest BCUT2D eigenvalue weighted by Crippen LogP contribution is 2.32. The van der Waals surface area contributed by atoms with Crippen LogP contribution in [0.5, 0.6) is 0 Å². The van der Waals surface area contributed by atoms with Gasteiger partial charge in [0.1, 0.15) is 0 Å². The molecule has 21 heavy (non-hydrogen) atoms. The Bertz CT molecular complexity index is 624. The Hall–Kier alpha value is -1.67. The number of aliphatic hydroxyl groups is 2. The van der Waals surface area contributed by atoms with Crippen molar-refractivity contribution in [2.45, 2.75) is 12.1 Å². The van der Waals surface area contributed by atoms with E-state index in [1.807, 2.05) is 0 Å². The summed E-state index contributed by atoms with van der Waals surface area (Å²) in [5.74, 6) is -2.51. The minimum atomic E-state index is -4.41. The van der Waals surface area contributed by atoms with Gasteiger partial charge in [0.05, 0.1) is 5.56 Å². The highest BCUT2D eigenvalue weighted by molar-refractivity contribution is 5.98. The molecule has 0 bridgehead atoms. The first kappa shape index (κ1) is 15.7. The smallest absolute Gasteiger partial charge is 0.367 e. The molecule has 0 saturated carbocycles. The molecule has 2 aromatic rings. The van der Waals surface area contributed by atoms with Gasteiger partial charge in [-0.25, -0.2) is 0 Å². The summed E-state index contributed by atoms with van der Waals surface area (Å²) in [5.41, 5.74) is 0.172. The molecule has 2 N–H and O–H groups in total. The summed E-state index contributed by atoms with van der Waals surface area (Å²) in [5, 5.41) is 18.9. The third-order valence-electron chi connectivity index (χ3n) is 2.93. The molecule has 0 aliphatic heterocycles. The zero-order valence-corrected chi connectivity index (χ0v) is 11.6. The average Bonchev–Trinajstić information content (AvgIpc) is 2.47. The maximum absolute atomic E-state index is 12.7. The van der Waals surface area contributed by atoms with Gasteiger partial charge in [0.25, 0.3) is 16.5 Å². The summed E-state index contributed by atoms with van der Waals surface area (Å²) < 4.78 is 42.3. The molecule has 7 heteroatoms. The van der Waals surface area contributed by atoms with Gasteiger partial charge in [-0.05, 0) is 23.3 Å². The number of hydrogen-bond donors (Lipinski definition) is 2. The summed E-state index contributed by atoms with van der Waals surface area (Å²) >= 11 is 0. The van der Waals surface area contributed by atoms with E-state index in [4.69, 9.17) is 0 Å². The van der Waals surface area contributed by atoms with Crippen molar-refractivity contribution in [3.63, 3.8) is 0 Å². The van der Waals surface area contributed by atoms with Gasteiger partial charge in [-0.1, -0.05) is 36.4 Å². The van der Waals surface area contributed by atoms with Crippen LogP contribution >= 0.6 is 0 Å². The Morgan fingerprint density at radius 2 is 1.48 bits per heavy atom. The molecule has 0 heterocycles. The molecule has 0 atom stereocenters. The lowest BCUT2D eigenvalue weighted by Gasteiger charge is -2.20. The van der Waals surface area contributed by atoms with Crippen molar-refractivity contribution in [1.29, 1.82) is 0 Å². The van der Waals surface area contributed by atoms with Crippen LogP contribution in [-0.4, -0.2) is 20.7 Å². The molecule has 3 nitrogen and oxygen atoms in total. The van der Waals surface area contributed by atoms with Gasteiger partial charge in [0.15, 0.2) is 0 Å². The van der Waals surface area contributed by atoms with Crippen LogP contribution in [-0.2, 0) is 16.6 Å². The lowest BCUT2D eigenvalue weighted by atomic mass is 10.0. The van der Waals surface area contributed by atoms with Gasteiger partial charge in [0, 0.05) is 5.56 Å². The second-order valence-corrected chi connectivity index (χ2v) is 4.57. The third kappa shape index (κ3) is 3.51. The normalized spacial score (nSPS) is 12.5. The number of hydrogen-bond acceptors (Lipinski definition) is 3. The number of benzene rings is 2. The molecule has 109 valence electrons. The van der Waals surface area contributed by atoms with Gasteiger partial charge in [-0.2, -0.15) is 13.2 Å². The molecule has 0 aliphatic carbocycles. The van der Waals surface area contributed by atoms with Crippen LogP contribution in [0.15, 0.2) is 48.5 Å². The molecule has 0 unspecified atom stereocenters. The Kier molecular flexibility index (Phi) is 4.19. The quantitative estimate of drug-likeness (QED) is 0.676. The standard InChI is InChI=1S/C14H10F3O3Si/c15-13(16,17)12-3-1-2-10(8-12)9-4-6-11(7-5-9)14(18,19)20-21/h1-8,18-19H. The van der Waals surface area contributed by atoms with Crippen molar-refractivity contribution >= 4 is 10.5 Å². The number of alkyl halides is 3. The monoisotopic (exact) mass is 311 g/mol. The van der Waals surface area contributed by atoms with Gasteiger partial charge in [0.2, 0.25) is 0 Å². The number of rotatable bonds is 3. The lowest BCUT2D eigenvalue weighted by Crippen LogP contribution is -2.27. The maximum Gasteiger partial charge on any atom is 0.416 e. The van der Waals surface area contributed by atoms with Crippen molar-refractivity contribution in [2.24, 2.45) is 0 Å². The molecule has 2 aromatic carbocycles. The van der Waals surface area contributed by atoms with E-state index >= 15 is 0 Å². The molecule has 0 saturated heterocycles. The molecule has 0 fully saturated rings. The second kappa shape index (κ2) is 5.61. The fourth-order valence-electron chi connectivity index (χ4n) is 1.81. The second-order valence-electron chi connectivity index (χ2n) is 4.37. The predicted octanol–water partition coefficient (Wildman–Crippen LogP) is 2.57. The third-order valence-corrected chi connectivity index (χ3v) is 3.21. The minimum absolute atomic E-state index is 0.0354. The molecule has 0 aliphatic rings. The molecule has 0 spiro atoms. The summed E-state index contributed by atoms with van der Waals surface area (Å²) in [6.45, 7) is 0. The summed E-state index contributed by atoms with van der Waals surface area (Å²) in [7, 11) is 2.53. The summed E-state index contributed by atoms with van der Waals surface area (Å²) in [4.78, 5) is 0. The first-order chi connectivity index (χ1) is 9.74. The average molecular weight is 311 g/mol. The largest absolute Gasteiger partial charge is 0.416 e. The lowest BCUT2D eigenvalue weighted by molar-refractivity contribution is -0.303. The van der Waals surface area contributed by atoms with E-state index in [2.05, 4.69) is 14.9 Å². The van der Waals surface area contributed by atoms with E-state index in [0.29, 0.717) is 11.1 Å². The van der Waals surface area contributed by atoms with Crippen LogP contribution in [0.3, 0.4) is 0 Å². The predicted molar refractivity (Wildman–Crippen MR) is 69.8 cm³/mol. The van der Waals surface area contributed by atoms with Crippen molar-refractivity contribution in [2.75, 3.05) is 0 Å². The van der Waals surface area contributed by atoms with Gasteiger partial charge >= 0.3 is 6.18 Å². The van der Waals surface area contributed by atoms with Gasteiger partial charge in [-0.3, -0.25) is 0 Å².